The third-order valence-electron chi connectivity index (χ3n) is 2.88. The number of nitrogens with zero attached hydrogens (tertiary/aromatic N) is 2. The topological polar surface area (TPSA) is 76.5 Å². The number of esters is 1. The molecule has 1 aliphatic carbocycles. The molecule has 88 valence electrons. The Morgan fingerprint density at radius 1 is 1.53 bits per heavy atom. The molecule has 0 bridgehead atoms. The highest BCUT2D eigenvalue weighted by atomic mass is 16.5. The summed E-state index contributed by atoms with van der Waals surface area (Å²) in [5.74, 6) is -0.101. The number of aromatic nitrogens is 3. The predicted octanol–water partition coefficient (Wildman–Crippen LogP) is 0.687. The Labute approximate surface area is 96.2 Å². The number of aromatic amines is 1. The van der Waals surface area contributed by atoms with Crippen molar-refractivity contribution in [1.82, 2.24) is 14.6 Å². The van der Waals surface area contributed by atoms with E-state index in [4.69, 9.17) is 0 Å². The quantitative estimate of drug-likeness (QED) is 0.774. The molecule has 1 aliphatic rings. The van der Waals surface area contributed by atoms with Crippen LogP contribution in [0.25, 0.3) is 5.65 Å². The van der Waals surface area contributed by atoms with Crippen LogP contribution in [0.4, 0.5) is 0 Å². The van der Waals surface area contributed by atoms with Crippen molar-refractivity contribution in [3.8, 4) is 0 Å². The van der Waals surface area contributed by atoms with Crippen LogP contribution in [-0.2, 0) is 4.74 Å². The van der Waals surface area contributed by atoms with Crippen LogP contribution in [0.1, 0.15) is 34.9 Å². The highest BCUT2D eigenvalue weighted by Crippen LogP contribution is 2.39. The van der Waals surface area contributed by atoms with Crippen LogP contribution < -0.4 is 5.56 Å². The molecule has 0 aromatic carbocycles. The average Bonchev–Trinajstić information content (AvgIpc) is 3.08. The molecule has 1 fully saturated rings. The fraction of sp³-hybridized carbons (Fsp3) is 0.364. The number of H-pyrrole nitrogens is 1. The van der Waals surface area contributed by atoms with E-state index in [1.54, 1.807) is 0 Å². The zero-order chi connectivity index (χ0) is 12.0. The van der Waals surface area contributed by atoms with Gasteiger partial charge in [0.25, 0.3) is 5.56 Å². The number of ether oxygens (including phenoxy) is 1. The summed E-state index contributed by atoms with van der Waals surface area (Å²) in [7, 11) is 1.26. The first-order valence-electron chi connectivity index (χ1n) is 5.40. The van der Waals surface area contributed by atoms with Crippen LogP contribution in [-0.4, -0.2) is 27.7 Å². The molecule has 2 aromatic rings. The zero-order valence-electron chi connectivity index (χ0n) is 9.27. The van der Waals surface area contributed by atoms with Gasteiger partial charge in [0.2, 0.25) is 0 Å². The van der Waals surface area contributed by atoms with Gasteiger partial charge in [-0.15, -0.1) is 0 Å². The number of rotatable bonds is 2. The van der Waals surface area contributed by atoms with Gasteiger partial charge in [-0.05, 0) is 12.8 Å². The summed E-state index contributed by atoms with van der Waals surface area (Å²) in [5, 5.41) is 3.00. The second-order valence-corrected chi connectivity index (χ2v) is 4.15. The number of carbonyl (C=O) groups excluding carboxylic acids is 1. The van der Waals surface area contributed by atoms with Crippen LogP contribution >= 0.6 is 0 Å². The molecule has 6 nitrogen and oxygen atoms in total. The number of carbonyl (C=O) groups is 1. The van der Waals surface area contributed by atoms with Gasteiger partial charge in [-0.1, -0.05) is 0 Å². The molecule has 2 heterocycles. The van der Waals surface area contributed by atoms with E-state index < -0.39 is 5.97 Å². The third-order valence-corrected chi connectivity index (χ3v) is 2.88. The summed E-state index contributed by atoms with van der Waals surface area (Å²) in [6.07, 6.45) is 2.26. The Morgan fingerprint density at radius 3 is 2.94 bits per heavy atom. The molecule has 1 saturated carbocycles. The smallest absolute Gasteiger partial charge is 0.356 e. The van der Waals surface area contributed by atoms with Crippen molar-refractivity contribution in [2.45, 2.75) is 18.8 Å². The number of hydrogen-bond donors (Lipinski definition) is 1. The van der Waals surface area contributed by atoms with Crippen molar-refractivity contribution < 1.29 is 9.53 Å². The van der Waals surface area contributed by atoms with E-state index in [0.717, 1.165) is 18.5 Å². The van der Waals surface area contributed by atoms with Gasteiger partial charge in [-0.25, -0.2) is 14.3 Å². The molecular weight excluding hydrogens is 222 g/mol. The zero-order valence-corrected chi connectivity index (χ0v) is 9.27. The summed E-state index contributed by atoms with van der Waals surface area (Å²) in [5.41, 5.74) is 1.19. The van der Waals surface area contributed by atoms with Gasteiger partial charge in [0.05, 0.1) is 7.11 Å². The summed E-state index contributed by atoms with van der Waals surface area (Å²) in [4.78, 5) is 27.2. The number of methoxy groups -OCH3 is 1. The van der Waals surface area contributed by atoms with E-state index in [0.29, 0.717) is 11.6 Å². The molecule has 0 atom stereocenters. The normalized spacial score (nSPS) is 15.1. The molecule has 0 amide bonds. The maximum atomic E-state index is 11.8. The number of nitrogens with one attached hydrogen (secondary N) is 1. The van der Waals surface area contributed by atoms with Crippen LogP contribution in [0.3, 0.4) is 0 Å². The Balaban J connectivity index is 2.17. The van der Waals surface area contributed by atoms with Crippen molar-refractivity contribution in [3.05, 3.63) is 33.9 Å². The molecule has 0 saturated heterocycles. The van der Waals surface area contributed by atoms with Crippen molar-refractivity contribution in [1.29, 1.82) is 0 Å². The number of hydrogen-bond acceptors (Lipinski definition) is 4. The van der Waals surface area contributed by atoms with Crippen LogP contribution in [0.2, 0.25) is 0 Å². The van der Waals surface area contributed by atoms with Crippen LogP contribution in [0.5, 0.6) is 0 Å². The molecule has 0 radical (unpaired) electrons. The first-order chi connectivity index (χ1) is 8.19. The van der Waals surface area contributed by atoms with Gasteiger partial charge >= 0.3 is 5.97 Å². The van der Waals surface area contributed by atoms with Crippen LogP contribution in [0, 0.1) is 0 Å². The average molecular weight is 233 g/mol. The van der Waals surface area contributed by atoms with E-state index in [-0.39, 0.29) is 11.3 Å². The maximum absolute atomic E-state index is 11.8. The molecule has 3 rings (SSSR count). The first kappa shape index (κ1) is 10.1. The van der Waals surface area contributed by atoms with E-state index in [2.05, 4.69) is 14.8 Å². The van der Waals surface area contributed by atoms with Gasteiger partial charge in [0.15, 0.2) is 11.3 Å². The molecule has 6 heteroatoms. The molecule has 1 N–H and O–H groups in total. The molecule has 0 aliphatic heterocycles. The van der Waals surface area contributed by atoms with Gasteiger partial charge in [0, 0.05) is 23.7 Å². The second-order valence-electron chi connectivity index (χ2n) is 4.15. The fourth-order valence-electron chi connectivity index (χ4n) is 1.82. The second kappa shape index (κ2) is 3.44. The maximum Gasteiger partial charge on any atom is 0.356 e. The molecule has 0 spiro atoms. The van der Waals surface area contributed by atoms with E-state index >= 15 is 0 Å². The Kier molecular flexibility index (Phi) is 2.04. The van der Waals surface area contributed by atoms with Crippen molar-refractivity contribution >= 4 is 11.6 Å². The lowest BCUT2D eigenvalue weighted by Gasteiger charge is -1.97. The third kappa shape index (κ3) is 1.61. The standard InChI is InChI=1S/C11H11N3O3/c1-17-11(16)8-5-10(15)14-9(12-8)4-7(13-14)6-2-3-6/h4-6,13H,2-3H2,1H3. The Morgan fingerprint density at radius 2 is 2.29 bits per heavy atom. The highest BCUT2D eigenvalue weighted by molar-refractivity contribution is 5.87. The predicted molar refractivity (Wildman–Crippen MR) is 59.1 cm³/mol. The summed E-state index contributed by atoms with van der Waals surface area (Å²) < 4.78 is 5.89. The lowest BCUT2D eigenvalue weighted by molar-refractivity contribution is 0.0594. The van der Waals surface area contributed by atoms with Crippen molar-refractivity contribution in [3.63, 3.8) is 0 Å². The van der Waals surface area contributed by atoms with Gasteiger partial charge in [-0.3, -0.25) is 9.89 Å². The SMILES string of the molecule is COC(=O)c1cc(=O)n2[nH]c(C3CC3)cc2n1. The van der Waals surface area contributed by atoms with E-state index in [1.807, 2.05) is 6.07 Å². The van der Waals surface area contributed by atoms with Crippen molar-refractivity contribution in [2.24, 2.45) is 0 Å². The first-order valence-corrected chi connectivity index (χ1v) is 5.40. The molecule has 2 aromatic heterocycles. The lowest BCUT2D eigenvalue weighted by atomic mass is 10.3. The van der Waals surface area contributed by atoms with E-state index in [1.165, 1.54) is 17.7 Å². The van der Waals surface area contributed by atoms with Crippen LogP contribution in [0.15, 0.2) is 16.9 Å². The fourth-order valence-corrected chi connectivity index (χ4v) is 1.82. The van der Waals surface area contributed by atoms with Gasteiger partial charge in [-0.2, -0.15) is 0 Å². The summed E-state index contributed by atoms with van der Waals surface area (Å²) in [6, 6.07) is 2.98. The lowest BCUT2D eigenvalue weighted by Crippen LogP contribution is -2.18. The van der Waals surface area contributed by atoms with Crippen molar-refractivity contribution in [2.75, 3.05) is 7.11 Å². The highest BCUT2D eigenvalue weighted by Gasteiger charge is 2.26. The largest absolute Gasteiger partial charge is 0.464 e. The number of fused-ring (bicyclic) bond motifs is 1. The summed E-state index contributed by atoms with van der Waals surface area (Å²) >= 11 is 0. The molecule has 0 unspecified atom stereocenters. The minimum Gasteiger partial charge on any atom is -0.464 e. The minimum atomic E-state index is -0.598. The van der Waals surface area contributed by atoms with Gasteiger partial charge in [0.1, 0.15) is 0 Å². The summed E-state index contributed by atoms with van der Waals surface area (Å²) in [6.45, 7) is 0. The Bertz CT molecular complexity index is 652. The molecule has 17 heavy (non-hydrogen) atoms. The molecular formula is C11H11N3O3. The minimum absolute atomic E-state index is 0.0406. The van der Waals surface area contributed by atoms with E-state index in [9.17, 15) is 9.59 Å². The Hall–Kier alpha value is -2.11. The van der Waals surface area contributed by atoms with Gasteiger partial charge < -0.3 is 4.74 Å². The monoisotopic (exact) mass is 233 g/mol.